The van der Waals surface area contributed by atoms with Crippen LogP contribution in [0, 0.1) is 0 Å². The van der Waals surface area contributed by atoms with E-state index in [0.29, 0.717) is 17.5 Å². The smallest absolute Gasteiger partial charge is 0.164 e. The predicted molar refractivity (Wildman–Crippen MR) is 200 cm³/mol. The highest BCUT2D eigenvalue weighted by atomic mass is 15.0. The normalized spacial score (nSPS) is 13.5. The number of aromatic nitrogens is 3. The summed E-state index contributed by atoms with van der Waals surface area (Å²) >= 11 is 0. The Labute approximate surface area is 283 Å². The third kappa shape index (κ3) is 3.54. The van der Waals surface area contributed by atoms with Crippen LogP contribution in [-0.4, -0.2) is 15.0 Å². The van der Waals surface area contributed by atoms with E-state index in [0.717, 1.165) is 27.5 Å². The van der Waals surface area contributed by atoms with Gasteiger partial charge in [-0.3, -0.25) is 0 Å². The van der Waals surface area contributed by atoms with Crippen LogP contribution in [0.2, 0.25) is 0 Å². The summed E-state index contributed by atoms with van der Waals surface area (Å²) in [6.45, 7) is 0. The minimum Gasteiger partial charge on any atom is -0.208 e. The summed E-state index contributed by atoms with van der Waals surface area (Å²) in [4.78, 5) is 15.4. The van der Waals surface area contributed by atoms with Gasteiger partial charge < -0.3 is 0 Å². The topological polar surface area (TPSA) is 38.7 Å². The molecule has 0 amide bonds. The lowest BCUT2D eigenvalue weighted by atomic mass is 9.70. The minimum atomic E-state index is -0.393. The number of hydrogen-bond donors (Lipinski definition) is 0. The molecule has 9 aromatic rings. The van der Waals surface area contributed by atoms with Gasteiger partial charge in [0.05, 0.1) is 5.41 Å². The molecule has 0 radical (unpaired) electrons. The largest absolute Gasteiger partial charge is 0.208 e. The van der Waals surface area contributed by atoms with Crippen molar-refractivity contribution >= 4 is 32.3 Å². The Hall–Kier alpha value is -6.45. The van der Waals surface area contributed by atoms with Gasteiger partial charge in [0.15, 0.2) is 17.5 Å². The monoisotopic (exact) mass is 621 g/mol. The second kappa shape index (κ2) is 9.79. The molecule has 0 fully saturated rings. The van der Waals surface area contributed by atoms with Crippen LogP contribution in [0.1, 0.15) is 22.3 Å². The number of hydrogen-bond acceptors (Lipinski definition) is 3. The van der Waals surface area contributed by atoms with Crippen LogP contribution in [0.15, 0.2) is 164 Å². The first-order valence-electron chi connectivity index (χ1n) is 16.8. The van der Waals surface area contributed by atoms with E-state index in [1.165, 1.54) is 54.9 Å². The molecule has 0 aliphatic heterocycles. The van der Waals surface area contributed by atoms with Gasteiger partial charge in [-0.1, -0.05) is 158 Å². The first-order valence-corrected chi connectivity index (χ1v) is 16.8. The van der Waals surface area contributed by atoms with Crippen molar-refractivity contribution in [3.63, 3.8) is 0 Å². The van der Waals surface area contributed by atoms with Crippen LogP contribution >= 0.6 is 0 Å². The minimum absolute atomic E-state index is 0.393. The highest BCUT2D eigenvalue weighted by molar-refractivity contribution is 6.17. The van der Waals surface area contributed by atoms with Crippen molar-refractivity contribution in [1.29, 1.82) is 0 Å². The predicted octanol–water partition coefficient (Wildman–Crippen LogP) is 11.0. The zero-order valence-electron chi connectivity index (χ0n) is 26.4. The van der Waals surface area contributed by atoms with E-state index in [4.69, 9.17) is 15.0 Å². The van der Waals surface area contributed by atoms with E-state index < -0.39 is 5.41 Å². The Balaban J connectivity index is 1.17. The molecule has 49 heavy (non-hydrogen) atoms. The first-order chi connectivity index (χ1) is 24.3. The molecule has 3 heteroatoms. The molecule has 0 saturated carbocycles. The van der Waals surface area contributed by atoms with E-state index in [2.05, 4.69) is 146 Å². The molecular formula is C46H27N3. The molecule has 2 aliphatic rings. The van der Waals surface area contributed by atoms with Gasteiger partial charge in [0, 0.05) is 16.7 Å². The van der Waals surface area contributed by atoms with Gasteiger partial charge in [-0.2, -0.15) is 0 Å². The number of nitrogens with zero attached hydrogens (tertiary/aromatic N) is 3. The molecule has 1 aromatic heterocycles. The second-order valence-electron chi connectivity index (χ2n) is 13.1. The lowest BCUT2D eigenvalue weighted by molar-refractivity contribution is 0.797. The third-order valence-electron chi connectivity index (χ3n) is 10.7. The average Bonchev–Trinajstić information content (AvgIpc) is 3.65. The SMILES string of the molecule is c1ccc(-c2nc(-c3ccc4c(c3)-c3ccccc3C43c4cccc5ccc6cccc3c6c45)nc(-c3cccc4ccccc34)n2)cc1. The van der Waals surface area contributed by atoms with E-state index in [1.807, 2.05) is 18.2 Å². The summed E-state index contributed by atoms with van der Waals surface area (Å²) < 4.78 is 0. The Morgan fingerprint density at radius 2 is 0.878 bits per heavy atom. The Morgan fingerprint density at radius 3 is 1.67 bits per heavy atom. The van der Waals surface area contributed by atoms with Crippen molar-refractivity contribution in [2.45, 2.75) is 5.41 Å². The third-order valence-corrected chi connectivity index (χ3v) is 10.7. The maximum Gasteiger partial charge on any atom is 0.164 e. The molecule has 1 spiro atoms. The lowest BCUT2D eigenvalue weighted by Gasteiger charge is -2.30. The van der Waals surface area contributed by atoms with Gasteiger partial charge in [-0.25, -0.2) is 15.0 Å². The van der Waals surface area contributed by atoms with Crippen LogP contribution < -0.4 is 0 Å². The molecule has 0 atom stereocenters. The van der Waals surface area contributed by atoms with Crippen molar-refractivity contribution in [2.24, 2.45) is 0 Å². The van der Waals surface area contributed by atoms with Gasteiger partial charge in [0.1, 0.15) is 0 Å². The molecule has 1 heterocycles. The van der Waals surface area contributed by atoms with Gasteiger partial charge in [-0.15, -0.1) is 0 Å². The summed E-state index contributed by atoms with van der Waals surface area (Å²) in [5.74, 6) is 2.00. The highest BCUT2D eigenvalue weighted by Gasteiger charge is 2.50. The maximum atomic E-state index is 5.19. The van der Waals surface area contributed by atoms with E-state index in [-0.39, 0.29) is 0 Å². The molecule has 0 saturated heterocycles. The fourth-order valence-electron chi connectivity index (χ4n) is 8.69. The standard InChI is InChI=1S/C46H27N3/c1-2-12-31(13-3-1)43-47-44(49-45(48-43)35-19-8-14-28-11-4-5-17-33(28)35)32-25-26-38-36(27-32)34-18-6-7-20-37(34)46(38)39-21-9-15-29-23-24-30-16-10-22-40(46)42(30)41(29)39/h1-27H. The fraction of sp³-hybridized carbons (Fsp3) is 0.0217. The van der Waals surface area contributed by atoms with Crippen LogP contribution in [-0.2, 0) is 5.41 Å². The van der Waals surface area contributed by atoms with Crippen LogP contribution in [0.4, 0.5) is 0 Å². The molecule has 3 nitrogen and oxygen atoms in total. The Bertz CT molecular complexity index is 2770. The summed E-state index contributed by atoms with van der Waals surface area (Å²) in [5, 5.41) is 7.59. The first kappa shape index (κ1) is 26.6. The van der Waals surface area contributed by atoms with Crippen LogP contribution in [0.25, 0.3) is 77.6 Å². The molecular weight excluding hydrogens is 595 g/mol. The van der Waals surface area contributed by atoms with Crippen molar-refractivity contribution in [3.8, 4) is 45.3 Å². The van der Waals surface area contributed by atoms with E-state index >= 15 is 0 Å². The van der Waals surface area contributed by atoms with Crippen LogP contribution in [0.5, 0.6) is 0 Å². The van der Waals surface area contributed by atoms with Gasteiger partial charge >= 0.3 is 0 Å². The van der Waals surface area contributed by atoms with Crippen molar-refractivity contribution < 1.29 is 0 Å². The molecule has 2 aliphatic carbocycles. The average molecular weight is 622 g/mol. The van der Waals surface area contributed by atoms with Gasteiger partial charge in [-0.05, 0) is 71.8 Å². The quantitative estimate of drug-likeness (QED) is 0.184. The van der Waals surface area contributed by atoms with E-state index in [9.17, 15) is 0 Å². The van der Waals surface area contributed by atoms with Crippen LogP contribution in [0.3, 0.4) is 0 Å². The highest BCUT2D eigenvalue weighted by Crippen LogP contribution is 2.62. The summed E-state index contributed by atoms with van der Waals surface area (Å²) in [6.07, 6.45) is 0. The zero-order valence-corrected chi connectivity index (χ0v) is 26.4. The molecule has 226 valence electrons. The van der Waals surface area contributed by atoms with E-state index in [1.54, 1.807) is 0 Å². The van der Waals surface area contributed by atoms with Crippen molar-refractivity contribution in [3.05, 3.63) is 186 Å². The molecule has 11 rings (SSSR count). The number of rotatable bonds is 3. The van der Waals surface area contributed by atoms with Crippen molar-refractivity contribution in [1.82, 2.24) is 15.0 Å². The van der Waals surface area contributed by atoms with Gasteiger partial charge in [0.2, 0.25) is 0 Å². The molecule has 0 unspecified atom stereocenters. The Kier molecular flexibility index (Phi) is 5.31. The molecule has 8 aromatic carbocycles. The lowest BCUT2D eigenvalue weighted by Crippen LogP contribution is -2.26. The van der Waals surface area contributed by atoms with Crippen molar-refractivity contribution in [2.75, 3.05) is 0 Å². The molecule has 0 N–H and O–H groups in total. The Morgan fingerprint density at radius 1 is 0.327 bits per heavy atom. The molecule has 0 bridgehead atoms. The second-order valence-corrected chi connectivity index (χ2v) is 13.1. The summed E-state index contributed by atoms with van der Waals surface area (Å²) in [5.41, 5.74) is 10.4. The maximum absolute atomic E-state index is 5.19. The fourth-order valence-corrected chi connectivity index (χ4v) is 8.69. The summed E-state index contributed by atoms with van der Waals surface area (Å²) in [6, 6.07) is 58.9. The summed E-state index contributed by atoms with van der Waals surface area (Å²) in [7, 11) is 0. The van der Waals surface area contributed by atoms with Gasteiger partial charge in [0.25, 0.3) is 0 Å². The zero-order chi connectivity index (χ0) is 32.1. The number of benzene rings is 8. The number of fused-ring (bicyclic) bond motifs is 8.